The Morgan fingerprint density at radius 3 is 2.17 bits per heavy atom. The van der Waals surface area contributed by atoms with Crippen molar-refractivity contribution in [2.24, 2.45) is 0 Å². The van der Waals surface area contributed by atoms with Gasteiger partial charge in [-0.3, -0.25) is 4.79 Å². The van der Waals surface area contributed by atoms with Crippen LogP contribution in [0.25, 0.3) is 0 Å². The Kier molecular flexibility index (Phi) is 9.30. The summed E-state index contributed by atoms with van der Waals surface area (Å²) < 4.78 is 0. The van der Waals surface area contributed by atoms with E-state index in [0.29, 0.717) is 0 Å². The SMILES string of the molecule is O=C([O-])CCN(CCC(=O)O)c1ccccc1.[K+]. The summed E-state index contributed by atoms with van der Waals surface area (Å²) in [4.78, 5) is 22.7. The van der Waals surface area contributed by atoms with E-state index in [0.717, 1.165) is 5.69 Å². The van der Waals surface area contributed by atoms with Crippen LogP contribution in [0, 0.1) is 0 Å². The first-order valence-electron chi connectivity index (χ1n) is 5.31. The quantitative estimate of drug-likeness (QED) is 0.540. The van der Waals surface area contributed by atoms with Crippen molar-refractivity contribution in [2.75, 3.05) is 18.0 Å². The third-order valence-electron chi connectivity index (χ3n) is 2.30. The Bertz CT molecular complexity index is 365. The molecule has 6 heteroatoms. The van der Waals surface area contributed by atoms with Gasteiger partial charge in [-0.1, -0.05) is 18.2 Å². The molecule has 0 fully saturated rings. The van der Waals surface area contributed by atoms with E-state index in [-0.39, 0.29) is 77.3 Å². The molecule has 1 N–H and O–H groups in total. The Labute approximate surface area is 148 Å². The molecule has 18 heavy (non-hydrogen) atoms. The molecule has 0 radical (unpaired) electrons. The van der Waals surface area contributed by atoms with Crippen LogP contribution in [0.2, 0.25) is 0 Å². The third kappa shape index (κ3) is 7.12. The molecule has 1 rings (SSSR count). The third-order valence-corrected chi connectivity index (χ3v) is 2.30. The predicted octanol–water partition coefficient (Wildman–Crippen LogP) is -2.89. The molecular formula is C12H14KNO4. The van der Waals surface area contributed by atoms with Crippen LogP contribution in [0.5, 0.6) is 0 Å². The maximum absolute atomic E-state index is 10.5. The van der Waals surface area contributed by atoms with Crippen molar-refractivity contribution in [1.82, 2.24) is 0 Å². The monoisotopic (exact) mass is 275 g/mol. The van der Waals surface area contributed by atoms with Crippen molar-refractivity contribution in [2.45, 2.75) is 12.8 Å². The van der Waals surface area contributed by atoms with Crippen molar-refractivity contribution >= 4 is 17.6 Å². The minimum absolute atomic E-state index is 0. The van der Waals surface area contributed by atoms with Crippen molar-refractivity contribution in [3.05, 3.63) is 30.3 Å². The number of para-hydroxylation sites is 1. The number of carboxylic acids is 2. The Hall–Kier alpha value is -0.404. The topological polar surface area (TPSA) is 80.7 Å². The van der Waals surface area contributed by atoms with Crippen LogP contribution in [0.1, 0.15) is 12.8 Å². The largest absolute Gasteiger partial charge is 1.00 e. The molecule has 1 aromatic rings. The predicted molar refractivity (Wildman–Crippen MR) is 60.5 cm³/mol. The van der Waals surface area contributed by atoms with Gasteiger partial charge >= 0.3 is 57.4 Å². The Morgan fingerprint density at radius 1 is 1.11 bits per heavy atom. The molecule has 92 valence electrons. The minimum atomic E-state index is -1.14. The second-order valence-electron chi connectivity index (χ2n) is 3.59. The maximum Gasteiger partial charge on any atom is 1.00 e. The van der Waals surface area contributed by atoms with E-state index >= 15 is 0 Å². The molecule has 0 saturated heterocycles. The Morgan fingerprint density at radius 2 is 1.67 bits per heavy atom. The van der Waals surface area contributed by atoms with Crippen LogP contribution in [-0.2, 0) is 9.59 Å². The van der Waals surface area contributed by atoms with Gasteiger partial charge in [-0.25, -0.2) is 0 Å². The van der Waals surface area contributed by atoms with Crippen LogP contribution in [-0.4, -0.2) is 30.1 Å². The summed E-state index contributed by atoms with van der Waals surface area (Å²) >= 11 is 0. The molecule has 0 aliphatic rings. The van der Waals surface area contributed by atoms with Crippen molar-refractivity contribution in [3.8, 4) is 0 Å². The van der Waals surface area contributed by atoms with E-state index in [1.807, 2.05) is 30.3 Å². The normalized spacial score (nSPS) is 9.33. The van der Waals surface area contributed by atoms with Crippen LogP contribution in [0.3, 0.4) is 0 Å². The van der Waals surface area contributed by atoms with Gasteiger partial charge in [0.2, 0.25) is 0 Å². The molecule has 0 unspecified atom stereocenters. The average Bonchev–Trinajstić information content (AvgIpc) is 2.29. The first-order valence-corrected chi connectivity index (χ1v) is 5.31. The van der Waals surface area contributed by atoms with Gasteiger partial charge in [-0.2, -0.15) is 0 Å². The van der Waals surface area contributed by atoms with E-state index in [1.165, 1.54) is 0 Å². The number of benzene rings is 1. The summed E-state index contributed by atoms with van der Waals surface area (Å²) in [6.07, 6.45) is -0.142. The van der Waals surface area contributed by atoms with Crippen molar-refractivity contribution in [1.29, 1.82) is 0 Å². The van der Waals surface area contributed by atoms with Gasteiger partial charge in [0.25, 0.3) is 0 Å². The molecule has 0 bridgehead atoms. The zero-order valence-electron chi connectivity index (χ0n) is 10.3. The van der Waals surface area contributed by atoms with Crippen LogP contribution < -0.4 is 61.4 Å². The van der Waals surface area contributed by atoms with E-state index < -0.39 is 11.9 Å². The molecule has 5 nitrogen and oxygen atoms in total. The van der Waals surface area contributed by atoms with Crippen LogP contribution in [0.4, 0.5) is 5.69 Å². The standard InChI is InChI=1S/C12H15NO4.K/c14-11(15)6-8-13(9-7-12(16)17)10-4-2-1-3-5-10;/h1-5H,6-9H2,(H,14,15)(H,16,17);/q;+1/p-1. The Balaban J connectivity index is 0.00000289. The summed E-state index contributed by atoms with van der Waals surface area (Å²) in [7, 11) is 0. The number of rotatable bonds is 7. The molecular weight excluding hydrogens is 261 g/mol. The molecule has 0 aromatic heterocycles. The zero-order valence-corrected chi connectivity index (χ0v) is 13.5. The summed E-state index contributed by atoms with van der Waals surface area (Å²) in [5, 5.41) is 19.1. The summed E-state index contributed by atoms with van der Waals surface area (Å²) in [6.45, 7) is 0.534. The number of carbonyl (C=O) groups excluding carboxylic acids is 1. The fourth-order valence-electron chi connectivity index (χ4n) is 1.47. The minimum Gasteiger partial charge on any atom is -0.550 e. The molecule has 0 saturated carbocycles. The van der Waals surface area contributed by atoms with Crippen molar-refractivity contribution in [3.63, 3.8) is 0 Å². The van der Waals surface area contributed by atoms with Gasteiger partial charge in [0.05, 0.1) is 6.42 Å². The van der Waals surface area contributed by atoms with Gasteiger partial charge in [0.15, 0.2) is 0 Å². The summed E-state index contributed by atoms with van der Waals surface area (Å²) in [6, 6.07) is 9.12. The molecule has 0 atom stereocenters. The number of nitrogens with zero attached hydrogens (tertiary/aromatic N) is 1. The number of carboxylic acid groups (broad SMARTS) is 2. The van der Waals surface area contributed by atoms with Gasteiger partial charge < -0.3 is 19.9 Å². The second-order valence-corrected chi connectivity index (χ2v) is 3.59. The molecule has 0 spiro atoms. The molecule has 0 heterocycles. The molecule has 0 aliphatic heterocycles. The zero-order chi connectivity index (χ0) is 12.7. The average molecular weight is 275 g/mol. The number of anilines is 1. The summed E-state index contributed by atoms with van der Waals surface area (Å²) in [5.41, 5.74) is 0.815. The van der Waals surface area contributed by atoms with Crippen LogP contribution >= 0.6 is 0 Å². The fraction of sp³-hybridized carbons (Fsp3) is 0.333. The van der Waals surface area contributed by atoms with Gasteiger partial charge in [-0.15, -0.1) is 0 Å². The maximum atomic E-state index is 10.5. The second kappa shape index (κ2) is 9.52. The van der Waals surface area contributed by atoms with Gasteiger partial charge in [0, 0.05) is 31.2 Å². The van der Waals surface area contributed by atoms with E-state index in [1.54, 1.807) is 4.90 Å². The molecule has 1 aromatic carbocycles. The first-order chi connectivity index (χ1) is 8.09. The van der Waals surface area contributed by atoms with E-state index in [2.05, 4.69) is 0 Å². The smallest absolute Gasteiger partial charge is 0.550 e. The van der Waals surface area contributed by atoms with Gasteiger partial charge in [-0.05, 0) is 12.1 Å². The molecule has 0 amide bonds. The van der Waals surface area contributed by atoms with E-state index in [4.69, 9.17) is 5.11 Å². The van der Waals surface area contributed by atoms with Crippen molar-refractivity contribution < 1.29 is 71.2 Å². The molecule has 0 aliphatic carbocycles. The summed E-state index contributed by atoms with van der Waals surface area (Å²) in [5.74, 6) is -2.04. The van der Waals surface area contributed by atoms with E-state index in [9.17, 15) is 14.7 Å². The fourth-order valence-corrected chi connectivity index (χ4v) is 1.47. The van der Waals surface area contributed by atoms with Crippen LogP contribution in [0.15, 0.2) is 30.3 Å². The van der Waals surface area contributed by atoms with Gasteiger partial charge in [0.1, 0.15) is 0 Å². The number of carbonyl (C=O) groups is 2. The first kappa shape index (κ1) is 17.6. The number of aliphatic carboxylic acids is 2. The number of hydrogen-bond donors (Lipinski definition) is 1. The number of hydrogen-bond acceptors (Lipinski definition) is 4.